The molecular weight excluding hydrogens is 222 g/mol. The van der Waals surface area contributed by atoms with Gasteiger partial charge in [-0.1, -0.05) is 0 Å². The summed E-state index contributed by atoms with van der Waals surface area (Å²) in [5.74, 6) is -0.560. The Bertz CT molecular complexity index is 302. The van der Waals surface area contributed by atoms with Crippen molar-refractivity contribution in [1.29, 1.82) is 0 Å². The van der Waals surface area contributed by atoms with Gasteiger partial charge in [-0.15, -0.1) is 0 Å². The van der Waals surface area contributed by atoms with Gasteiger partial charge in [-0.05, 0) is 27.6 Å². The molecule has 0 saturated heterocycles. The minimum atomic E-state index is -0.782. The lowest BCUT2D eigenvalue weighted by Crippen LogP contribution is -2.28. The highest BCUT2D eigenvalue weighted by atomic mass is 79.9. The van der Waals surface area contributed by atoms with E-state index in [9.17, 15) is 4.79 Å². The van der Waals surface area contributed by atoms with Crippen LogP contribution >= 0.6 is 15.9 Å². The third-order valence-corrected chi connectivity index (χ3v) is 1.83. The van der Waals surface area contributed by atoms with Crippen LogP contribution in [0.25, 0.3) is 0 Å². The molecule has 1 unspecified atom stereocenters. The molecule has 0 bridgehead atoms. The molecule has 4 N–H and O–H groups in total. The van der Waals surface area contributed by atoms with E-state index in [-0.39, 0.29) is 0 Å². The first kappa shape index (κ1) is 9.15. The Morgan fingerprint density at radius 1 is 1.58 bits per heavy atom. The summed E-state index contributed by atoms with van der Waals surface area (Å²) >= 11 is 3.21. The van der Waals surface area contributed by atoms with Gasteiger partial charge in [-0.3, -0.25) is 9.78 Å². The van der Waals surface area contributed by atoms with Crippen molar-refractivity contribution in [1.82, 2.24) is 4.98 Å². The topological polar surface area (TPSA) is 82.0 Å². The van der Waals surface area contributed by atoms with Crippen LogP contribution in [0, 0.1) is 0 Å². The van der Waals surface area contributed by atoms with Crippen molar-refractivity contribution >= 4 is 21.8 Å². The molecule has 0 spiro atoms. The summed E-state index contributed by atoms with van der Waals surface area (Å²) in [5.41, 5.74) is 11.1. The largest absolute Gasteiger partial charge is 0.368 e. The fourth-order valence-electron chi connectivity index (χ4n) is 0.763. The summed E-state index contributed by atoms with van der Waals surface area (Å²) in [4.78, 5) is 14.5. The first-order valence-electron chi connectivity index (χ1n) is 3.26. The molecule has 0 aromatic carbocycles. The lowest BCUT2D eigenvalue weighted by Gasteiger charge is -2.06. The molecule has 0 radical (unpaired) electrons. The van der Waals surface area contributed by atoms with Crippen molar-refractivity contribution in [3.8, 4) is 0 Å². The van der Waals surface area contributed by atoms with E-state index >= 15 is 0 Å². The molecule has 5 heteroatoms. The summed E-state index contributed by atoms with van der Waals surface area (Å²) in [7, 11) is 0. The molecular formula is C7H8BrN3O. The molecule has 1 rings (SSSR count). The lowest BCUT2D eigenvalue weighted by molar-refractivity contribution is -0.119. The fourth-order valence-corrected chi connectivity index (χ4v) is 1.15. The maximum Gasteiger partial charge on any atom is 0.238 e. The van der Waals surface area contributed by atoms with Crippen molar-refractivity contribution in [2.24, 2.45) is 11.5 Å². The van der Waals surface area contributed by atoms with Crippen LogP contribution in [0.15, 0.2) is 22.9 Å². The van der Waals surface area contributed by atoms with Gasteiger partial charge in [-0.25, -0.2) is 0 Å². The van der Waals surface area contributed by atoms with Crippen LogP contribution in [0.4, 0.5) is 0 Å². The zero-order valence-electron chi connectivity index (χ0n) is 6.20. The monoisotopic (exact) mass is 229 g/mol. The Labute approximate surface area is 78.1 Å². The number of hydrogen-bond donors (Lipinski definition) is 2. The predicted octanol–water partition coefficient (Wildman–Crippen LogP) is 0.329. The quantitative estimate of drug-likeness (QED) is 0.767. The minimum absolute atomic E-state index is 0.560. The van der Waals surface area contributed by atoms with Gasteiger partial charge >= 0.3 is 0 Å². The van der Waals surface area contributed by atoms with Crippen molar-refractivity contribution < 1.29 is 4.79 Å². The van der Waals surface area contributed by atoms with Gasteiger partial charge in [0, 0.05) is 16.9 Å². The zero-order valence-corrected chi connectivity index (χ0v) is 7.78. The van der Waals surface area contributed by atoms with Crippen molar-refractivity contribution in [2.75, 3.05) is 0 Å². The van der Waals surface area contributed by atoms with Crippen LogP contribution < -0.4 is 11.5 Å². The van der Waals surface area contributed by atoms with Gasteiger partial charge in [-0.2, -0.15) is 0 Å². The molecule has 64 valence electrons. The fraction of sp³-hybridized carbons (Fsp3) is 0.143. The van der Waals surface area contributed by atoms with Crippen LogP contribution in [0.5, 0.6) is 0 Å². The SMILES string of the molecule is NC(=O)C(N)c1cncc(Br)c1. The predicted molar refractivity (Wildman–Crippen MR) is 48.1 cm³/mol. The van der Waals surface area contributed by atoms with Crippen LogP contribution in [-0.4, -0.2) is 10.9 Å². The number of carbonyl (C=O) groups excluding carboxylic acids is 1. The Hall–Kier alpha value is -0.940. The molecule has 1 heterocycles. The third kappa shape index (κ3) is 2.02. The van der Waals surface area contributed by atoms with E-state index in [4.69, 9.17) is 11.5 Å². The maximum absolute atomic E-state index is 10.7. The number of nitrogens with two attached hydrogens (primary N) is 2. The van der Waals surface area contributed by atoms with Crippen molar-refractivity contribution in [3.63, 3.8) is 0 Å². The number of carbonyl (C=O) groups is 1. The van der Waals surface area contributed by atoms with E-state index in [1.807, 2.05) is 0 Å². The number of nitrogens with zero attached hydrogens (tertiary/aromatic N) is 1. The number of hydrogen-bond acceptors (Lipinski definition) is 3. The van der Waals surface area contributed by atoms with E-state index in [2.05, 4.69) is 20.9 Å². The van der Waals surface area contributed by atoms with Crippen LogP contribution in [0.3, 0.4) is 0 Å². The second kappa shape index (κ2) is 3.64. The van der Waals surface area contributed by atoms with Gasteiger partial charge in [0.25, 0.3) is 0 Å². The van der Waals surface area contributed by atoms with Crippen LogP contribution in [0.1, 0.15) is 11.6 Å². The van der Waals surface area contributed by atoms with E-state index in [1.165, 1.54) is 6.20 Å². The Balaban J connectivity index is 2.95. The molecule has 4 nitrogen and oxygen atoms in total. The van der Waals surface area contributed by atoms with Crippen LogP contribution in [-0.2, 0) is 4.79 Å². The van der Waals surface area contributed by atoms with Gasteiger partial charge < -0.3 is 11.5 Å². The van der Waals surface area contributed by atoms with Gasteiger partial charge in [0.15, 0.2) is 0 Å². The van der Waals surface area contributed by atoms with E-state index < -0.39 is 11.9 Å². The second-order valence-electron chi connectivity index (χ2n) is 2.32. The molecule has 1 aromatic heterocycles. The molecule has 12 heavy (non-hydrogen) atoms. The highest BCUT2D eigenvalue weighted by molar-refractivity contribution is 9.10. The maximum atomic E-state index is 10.7. The summed E-state index contributed by atoms with van der Waals surface area (Å²) in [6, 6.07) is 0.928. The van der Waals surface area contributed by atoms with Gasteiger partial charge in [0.05, 0.1) is 0 Å². The molecule has 0 aliphatic rings. The van der Waals surface area contributed by atoms with E-state index in [0.29, 0.717) is 5.56 Å². The minimum Gasteiger partial charge on any atom is -0.368 e. The van der Waals surface area contributed by atoms with E-state index in [0.717, 1.165) is 4.47 Å². The Morgan fingerprint density at radius 3 is 2.75 bits per heavy atom. The normalized spacial score (nSPS) is 12.5. The number of pyridine rings is 1. The summed E-state index contributed by atoms with van der Waals surface area (Å²) in [6.07, 6.45) is 3.12. The molecule has 1 atom stereocenters. The highest BCUT2D eigenvalue weighted by Crippen LogP contribution is 2.14. The number of amides is 1. The molecule has 0 aliphatic carbocycles. The number of primary amides is 1. The third-order valence-electron chi connectivity index (χ3n) is 1.39. The van der Waals surface area contributed by atoms with E-state index in [1.54, 1.807) is 12.3 Å². The van der Waals surface area contributed by atoms with Gasteiger partial charge in [0.2, 0.25) is 5.91 Å². The first-order valence-corrected chi connectivity index (χ1v) is 4.06. The summed E-state index contributed by atoms with van der Waals surface area (Å²) < 4.78 is 0.775. The smallest absolute Gasteiger partial charge is 0.238 e. The highest BCUT2D eigenvalue weighted by Gasteiger charge is 2.11. The summed E-state index contributed by atoms with van der Waals surface area (Å²) in [6.45, 7) is 0. The lowest BCUT2D eigenvalue weighted by atomic mass is 10.1. The molecule has 0 aliphatic heterocycles. The average Bonchev–Trinajstić information content (AvgIpc) is 2.03. The summed E-state index contributed by atoms with van der Waals surface area (Å²) in [5, 5.41) is 0. The number of rotatable bonds is 2. The molecule has 1 aromatic rings. The number of halogens is 1. The second-order valence-corrected chi connectivity index (χ2v) is 3.23. The standard InChI is InChI=1S/C7H8BrN3O/c8-5-1-4(2-11-3-5)6(9)7(10)12/h1-3,6H,9H2,(H2,10,12). The number of aromatic nitrogens is 1. The molecule has 1 amide bonds. The molecule has 0 saturated carbocycles. The Morgan fingerprint density at radius 2 is 2.25 bits per heavy atom. The Kier molecular flexibility index (Phi) is 2.78. The first-order chi connectivity index (χ1) is 5.61. The zero-order chi connectivity index (χ0) is 9.14. The average molecular weight is 230 g/mol. The van der Waals surface area contributed by atoms with Crippen molar-refractivity contribution in [2.45, 2.75) is 6.04 Å². The van der Waals surface area contributed by atoms with Crippen LogP contribution in [0.2, 0.25) is 0 Å². The van der Waals surface area contributed by atoms with Gasteiger partial charge in [0.1, 0.15) is 6.04 Å². The molecule has 0 fully saturated rings. The van der Waals surface area contributed by atoms with Crippen molar-refractivity contribution in [3.05, 3.63) is 28.5 Å².